The van der Waals surface area contributed by atoms with Crippen LogP contribution in [-0.2, 0) is 9.53 Å². The second kappa shape index (κ2) is 7.17. The molecule has 1 atom stereocenters. The van der Waals surface area contributed by atoms with E-state index in [0.717, 1.165) is 11.3 Å². The number of carboxylic acids is 1. The van der Waals surface area contributed by atoms with Crippen LogP contribution in [0.2, 0.25) is 0 Å². The summed E-state index contributed by atoms with van der Waals surface area (Å²) in [6, 6.07) is 7.25. The van der Waals surface area contributed by atoms with Gasteiger partial charge in [-0.05, 0) is 37.1 Å². The molecule has 1 fully saturated rings. The van der Waals surface area contributed by atoms with Crippen molar-refractivity contribution in [2.24, 2.45) is 0 Å². The van der Waals surface area contributed by atoms with Crippen molar-refractivity contribution in [2.75, 3.05) is 20.3 Å². The average Bonchev–Trinajstić information content (AvgIpc) is 3.24. The molecule has 1 aromatic carbocycles. The maximum Gasteiger partial charge on any atom is 0.305 e. The molecular weight excluding hydrogens is 338 g/mol. The van der Waals surface area contributed by atoms with Crippen LogP contribution in [0, 0.1) is 6.92 Å². The van der Waals surface area contributed by atoms with Crippen molar-refractivity contribution in [1.82, 2.24) is 15.1 Å². The monoisotopic (exact) mass is 359 g/mol. The summed E-state index contributed by atoms with van der Waals surface area (Å²) in [5.74, 6) is -0.773. The molecule has 26 heavy (non-hydrogen) atoms. The van der Waals surface area contributed by atoms with Crippen molar-refractivity contribution in [1.29, 1.82) is 0 Å². The summed E-state index contributed by atoms with van der Waals surface area (Å²) in [5, 5.41) is 16.2. The quantitative estimate of drug-likeness (QED) is 0.811. The standard InChI is InChI=1S/C18H21N3O5/c1-12-3-4-15(25-2)14(9-12)21-7-5-13(20-21)17(24)19-18(10-16(22)23)6-8-26-11-18/h3-5,7,9H,6,8,10-11H2,1-2H3,(H,19,24)(H,22,23). The third-order valence-corrected chi connectivity index (χ3v) is 4.37. The third kappa shape index (κ3) is 3.70. The van der Waals surface area contributed by atoms with Crippen LogP contribution in [-0.4, -0.2) is 52.6 Å². The first-order valence-electron chi connectivity index (χ1n) is 8.25. The lowest BCUT2D eigenvalue weighted by Crippen LogP contribution is -2.50. The van der Waals surface area contributed by atoms with Gasteiger partial charge in [-0.2, -0.15) is 5.10 Å². The maximum absolute atomic E-state index is 12.6. The van der Waals surface area contributed by atoms with Crippen LogP contribution < -0.4 is 10.1 Å². The zero-order chi connectivity index (χ0) is 18.7. The van der Waals surface area contributed by atoms with Crippen molar-refractivity contribution < 1.29 is 24.2 Å². The van der Waals surface area contributed by atoms with E-state index in [1.807, 2.05) is 25.1 Å². The number of aliphatic carboxylic acids is 1. The fourth-order valence-corrected chi connectivity index (χ4v) is 3.04. The molecule has 1 saturated heterocycles. The summed E-state index contributed by atoms with van der Waals surface area (Å²) in [7, 11) is 1.57. The smallest absolute Gasteiger partial charge is 0.305 e. The summed E-state index contributed by atoms with van der Waals surface area (Å²) in [5.41, 5.74) is 1.06. The van der Waals surface area contributed by atoms with Gasteiger partial charge in [-0.15, -0.1) is 0 Å². The summed E-state index contributed by atoms with van der Waals surface area (Å²) in [4.78, 5) is 23.7. The lowest BCUT2D eigenvalue weighted by atomic mass is 9.94. The molecule has 138 valence electrons. The van der Waals surface area contributed by atoms with Crippen LogP contribution in [0.1, 0.15) is 28.9 Å². The molecule has 0 aliphatic carbocycles. The first kappa shape index (κ1) is 17.9. The van der Waals surface area contributed by atoms with Gasteiger partial charge in [0, 0.05) is 12.8 Å². The Bertz CT molecular complexity index is 824. The number of amides is 1. The fourth-order valence-electron chi connectivity index (χ4n) is 3.04. The van der Waals surface area contributed by atoms with E-state index in [1.54, 1.807) is 24.1 Å². The predicted octanol–water partition coefficient (Wildman–Crippen LogP) is 1.55. The Labute approximate surface area is 150 Å². The Morgan fingerprint density at radius 2 is 2.23 bits per heavy atom. The summed E-state index contributed by atoms with van der Waals surface area (Å²) < 4.78 is 12.2. The minimum Gasteiger partial charge on any atom is -0.494 e. The number of hydrogen-bond acceptors (Lipinski definition) is 5. The number of carbonyl (C=O) groups is 2. The van der Waals surface area contributed by atoms with Gasteiger partial charge in [0.25, 0.3) is 5.91 Å². The second-order valence-electron chi connectivity index (χ2n) is 6.43. The van der Waals surface area contributed by atoms with Gasteiger partial charge in [0.15, 0.2) is 5.69 Å². The highest BCUT2D eigenvalue weighted by Gasteiger charge is 2.39. The van der Waals surface area contributed by atoms with Gasteiger partial charge in [-0.3, -0.25) is 9.59 Å². The molecule has 1 aliphatic heterocycles. The van der Waals surface area contributed by atoms with E-state index in [2.05, 4.69) is 10.4 Å². The van der Waals surface area contributed by atoms with Crippen molar-refractivity contribution in [3.8, 4) is 11.4 Å². The Morgan fingerprint density at radius 1 is 1.42 bits per heavy atom. The minimum absolute atomic E-state index is 0.178. The van der Waals surface area contributed by atoms with Gasteiger partial charge in [0.1, 0.15) is 11.4 Å². The Hall–Kier alpha value is -2.87. The molecule has 0 spiro atoms. The Morgan fingerprint density at radius 3 is 2.88 bits per heavy atom. The predicted molar refractivity (Wildman–Crippen MR) is 92.7 cm³/mol. The summed E-state index contributed by atoms with van der Waals surface area (Å²) in [6.45, 7) is 2.55. The van der Waals surface area contributed by atoms with Gasteiger partial charge in [0.05, 0.1) is 25.7 Å². The van der Waals surface area contributed by atoms with Gasteiger partial charge in [-0.1, -0.05) is 6.07 Å². The van der Waals surface area contributed by atoms with Crippen LogP contribution in [0.15, 0.2) is 30.5 Å². The molecule has 8 heteroatoms. The van der Waals surface area contributed by atoms with Gasteiger partial charge >= 0.3 is 5.97 Å². The van der Waals surface area contributed by atoms with Gasteiger partial charge in [-0.25, -0.2) is 4.68 Å². The van der Waals surface area contributed by atoms with E-state index in [4.69, 9.17) is 14.6 Å². The molecule has 1 unspecified atom stereocenters. The van der Waals surface area contributed by atoms with Crippen molar-refractivity contribution in [3.05, 3.63) is 41.7 Å². The van der Waals surface area contributed by atoms with Crippen LogP contribution in [0.3, 0.4) is 0 Å². The molecule has 8 nitrogen and oxygen atoms in total. The molecule has 2 N–H and O–H groups in total. The number of nitrogens with zero attached hydrogens (tertiary/aromatic N) is 2. The highest BCUT2D eigenvalue weighted by atomic mass is 16.5. The molecule has 0 radical (unpaired) electrons. The lowest BCUT2D eigenvalue weighted by molar-refractivity contribution is -0.138. The second-order valence-corrected chi connectivity index (χ2v) is 6.43. The number of aromatic nitrogens is 2. The van der Waals surface area contributed by atoms with Crippen LogP contribution in [0.4, 0.5) is 0 Å². The van der Waals surface area contributed by atoms with E-state index < -0.39 is 17.4 Å². The molecule has 0 saturated carbocycles. The van der Waals surface area contributed by atoms with Crippen LogP contribution in [0.5, 0.6) is 5.75 Å². The number of nitrogens with one attached hydrogen (secondary N) is 1. The molecule has 1 amide bonds. The molecule has 1 aromatic heterocycles. The van der Waals surface area contributed by atoms with E-state index in [9.17, 15) is 9.59 Å². The summed E-state index contributed by atoms with van der Waals surface area (Å²) in [6.07, 6.45) is 1.93. The first-order chi connectivity index (χ1) is 12.4. The number of carbonyl (C=O) groups excluding carboxylic acids is 1. The molecule has 2 aromatic rings. The number of aryl methyl sites for hydroxylation is 1. The van der Waals surface area contributed by atoms with Crippen molar-refractivity contribution in [2.45, 2.75) is 25.3 Å². The fraction of sp³-hybridized carbons (Fsp3) is 0.389. The minimum atomic E-state index is -0.981. The van der Waals surface area contributed by atoms with Crippen LogP contribution in [0.25, 0.3) is 5.69 Å². The van der Waals surface area contributed by atoms with Crippen LogP contribution >= 0.6 is 0 Å². The zero-order valence-corrected chi connectivity index (χ0v) is 14.7. The Kier molecular flexibility index (Phi) is 4.94. The molecule has 0 bridgehead atoms. The van der Waals surface area contributed by atoms with E-state index in [0.29, 0.717) is 18.8 Å². The number of benzene rings is 1. The SMILES string of the molecule is COc1ccc(C)cc1-n1ccc(C(=O)NC2(CC(=O)O)CCOC2)n1. The molecule has 1 aliphatic rings. The average molecular weight is 359 g/mol. The maximum atomic E-state index is 12.6. The van der Waals surface area contributed by atoms with E-state index >= 15 is 0 Å². The third-order valence-electron chi connectivity index (χ3n) is 4.37. The van der Waals surface area contributed by atoms with E-state index in [1.165, 1.54) is 0 Å². The molecule has 3 rings (SSSR count). The Balaban J connectivity index is 1.82. The first-order valence-corrected chi connectivity index (χ1v) is 8.25. The largest absolute Gasteiger partial charge is 0.494 e. The number of hydrogen-bond donors (Lipinski definition) is 2. The molecular formula is C18H21N3O5. The van der Waals surface area contributed by atoms with Crippen molar-refractivity contribution in [3.63, 3.8) is 0 Å². The number of ether oxygens (including phenoxy) is 2. The number of methoxy groups -OCH3 is 1. The number of carboxylic acid groups (broad SMARTS) is 1. The normalized spacial score (nSPS) is 19.3. The van der Waals surface area contributed by atoms with Gasteiger partial charge in [0.2, 0.25) is 0 Å². The summed E-state index contributed by atoms with van der Waals surface area (Å²) >= 11 is 0. The topological polar surface area (TPSA) is 103 Å². The highest BCUT2D eigenvalue weighted by molar-refractivity contribution is 5.93. The lowest BCUT2D eigenvalue weighted by Gasteiger charge is -2.26. The molecule has 2 heterocycles. The highest BCUT2D eigenvalue weighted by Crippen LogP contribution is 2.25. The van der Waals surface area contributed by atoms with Crippen molar-refractivity contribution >= 4 is 11.9 Å². The zero-order valence-electron chi connectivity index (χ0n) is 14.7. The van der Waals surface area contributed by atoms with E-state index in [-0.39, 0.29) is 18.7 Å². The van der Waals surface area contributed by atoms with Gasteiger partial charge < -0.3 is 19.9 Å². The number of rotatable bonds is 6.